The lowest BCUT2D eigenvalue weighted by molar-refractivity contribution is 0.595. The summed E-state index contributed by atoms with van der Waals surface area (Å²) in [7, 11) is -3.57. The predicted molar refractivity (Wildman–Crippen MR) is 99.3 cm³/mol. The van der Waals surface area contributed by atoms with E-state index in [1.54, 1.807) is 24.3 Å². The Morgan fingerprint density at radius 3 is 2.28 bits per heavy atom. The van der Waals surface area contributed by atoms with E-state index in [9.17, 15) is 8.42 Å². The van der Waals surface area contributed by atoms with Crippen molar-refractivity contribution < 1.29 is 8.42 Å². The minimum absolute atomic E-state index is 0.0835. The molecule has 1 fully saturated rings. The van der Waals surface area contributed by atoms with Gasteiger partial charge in [-0.3, -0.25) is 0 Å². The zero-order valence-electron chi connectivity index (χ0n) is 14.2. The maximum atomic E-state index is 12.9. The van der Waals surface area contributed by atoms with Crippen LogP contribution in [0.1, 0.15) is 31.2 Å². The molecule has 2 aromatic carbocycles. The van der Waals surface area contributed by atoms with Gasteiger partial charge in [-0.25, -0.2) is 13.9 Å². The van der Waals surface area contributed by atoms with Crippen LogP contribution in [0.15, 0.2) is 58.5 Å². The Balaban J connectivity index is 1.95. The highest BCUT2D eigenvalue weighted by molar-refractivity contribution is 7.90. The molecule has 1 heterocycles. The number of hydrogen-bond acceptors (Lipinski definition) is 5. The molecule has 6 heteroatoms. The number of anilines is 1. The molecule has 0 unspecified atom stereocenters. The normalized spacial score (nSPS) is 15.6. The fourth-order valence-corrected chi connectivity index (χ4v) is 4.76. The van der Waals surface area contributed by atoms with E-state index in [2.05, 4.69) is 10.0 Å². The number of hydrogen-bond donors (Lipinski definition) is 1. The van der Waals surface area contributed by atoms with Crippen LogP contribution in [0.5, 0.6) is 0 Å². The summed E-state index contributed by atoms with van der Waals surface area (Å²) in [6.45, 7) is 1.88. The molecule has 3 rings (SSSR count). The minimum atomic E-state index is -3.57. The Morgan fingerprint density at radius 1 is 0.960 bits per heavy atom. The van der Waals surface area contributed by atoms with Crippen LogP contribution in [0, 0.1) is 5.53 Å². The Morgan fingerprint density at radius 2 is 1.64 bits per heavy atom. The van der Waals surface area contributed by atoms with Gasteiger partial charge in [-0.05, 0) is 36.6 Å². The third kappa shape index (κ3) is 4.25. The van der Waals surface area contributed by atoms with Crippen LogP contribution in [0.2, 0.25) is 0 Å². The SMILES string of the molecule is N=Nc1ccc(N2CCCCCC2)cc1S(=O)(=O)Cc1ccccc1. The van der Waals surface area contributed by atoms with Crippen molar-refractivity contribution in [1.82, 2.24) is 0 Å². The van der Waals surface area contributed by atoms with Crippen molar-refractivity contribution >= 4 is 21.2 Å². The monoisotopic (exact) mass is 357 g/mol. The number of nitrogens with zero attached hydrogens (tertiary/aromatic N) is 2. The van der Waals surface area contributed by atoms with Gasteiger partial charge in [0.15, 0.2) is 9.84 Å². The Kier molecular flexibility index (Phi) is 5.48. The molecule has 0 radical (unpaired) electrons. The maximum Gasteiger partial charge on any atom is 0.184 e. The van der Waals surface area contributed by atoms with Gasteiger partial charge in [0.05, 0.1) is 10.6 Å². The molecule has 1 N–H and O–H groups in total. The standard InChI is InChI=1S/C19H23N3O2S/c20-21-18-11-10-17(22-12-6-1-2-7-13-22)14-19(18)25(23,24)15-16-8-4-3-5-9-16/h3-5,8-11,14,20H,1-2,6-7,12-13,15H2. The maximum absolute atomic E-state index is 12.9. The van der Waals surface area contributed by atoms with Crippen molar-refractivity contribution in [1.29, 1.82) is 5.53 Å². The molecule has 1 aliphatic heterocycles. The average Bonchev–Trinajstić information content (AvgIpc) is 2.91. The van der Waals surface area contributed by atoms with E-state index in [4.69, 9.17) is 5.53 Å². The number of sulfone groups is 1. The fraction of sp³-hybridized carbons (Fsp3) is 0.368. The third-order valence-corrected chi connectivity index (χ3v) is 6.28. The minimum Gasteiger partial charge on any atom is -0.372 e. The topological polar surface area (TPSA) is 73.6 Å². The van der Waals surface area contributed by atoms with E-state index >= 15 is 0 Å². The lowest BCUT2D eigenvalue weighted by Crippen LogP contribution is -2.24. The summed E-state index contributed by atoms with van der Waals surface area (Å²) in [5.41, 5.74) is 9.18. The first-order chi connectivity index (χ1) is 12.1. The van der Waals surface area contributed by atoms with E-state index in [-0.39, 0.29) is 16.3 Å². The summed E-state index contributed by atoms with van der Waals surface area (Å²) in [4.78, 5) is 2.38. The number of rotatable bonds is 5. The molecule has 0 amide bonds. The fourth-order valence-electron chi connectivity index (χ4n) is 3.24. The van der Waals surface area contributed by atoms with Crippen LogP contribution in [-0.2, 0) is 15.6 Å². The van der Waals surface area contributed by atoms with Gasteiger partial charge in [-0.1, -0.05) is 43.2 Å². The van der Waals surface area contributed by atoms with E-state index in [0.717, 1.165) is 37.2 Å². The van der Waals surface area contributed by atoms with Crippen LogP contribution in [0.4, 0.5) is 11.4 Å². The quantitative estimate of drug-likeness (QED) is 0.788. The van der Waals surface area contributed by atoms with Crippen molar-refractivity contribution in [3.05, 3.63) is 54.1 Å². The number of benzene rings is 2. The Bertz CT molecular complexity index is 827. The molecule has 2 aromatic rings. The van der Waals surface area contributed by atoms with Crippen molar-refractivity contribution in [3.63, 3.8) is 0 Å². The van der Waals surface area contributed by atoms with Crippen molar-refractivity contribution in [3.8, 4) is 0 Å². The van der Waals surface area contributed by atoms with Crippen molar-refractivity contribution in [2.45, 2.75) is 36.3 Å². The molecule has 0 aromatic heterocycles. The molecule has 132 valence electrons. The Hall–Kier alpha value is -2.21. The van der Waals surface area contributed by atoms with E-state index in [1.165, 1.54) is 12.8 Å². The van der Waals surface area contributed by atoms with Crippen LogP contribution in [0.3, 0.4) is 0 Å². The highest BCUT2D eigenvalue weighted by Gasteiger charge is 2.22. The first-order valence-corrected chi connectivity index (χ1v) is 10.3. The summed E-state index contributed by atoms with van der Waals surface area (Å²) in [6, 6.07) is 14.3. The van der Waals surface area contributed by atoms with E-state index in [1.807, 2.05) is 24.3 Å². The molecule has 1 saturated heterocycles. The predicted octanol–water partition coefficient (Wildman–Crippen LogP) is 4.70. The second-order valence-corrected chi connectivity index (χ2v) is 8.37. The third-order valence-electron chi connectivity index (χ3n) is 4.57. The molecule has 1 aliphatic rings. The largest absolute Gasteiger partial charge is 0.372 e. The van der Waals surface area contributed by atoms with Crippen LogP contribution in [-0.4, -0.2) is 21.5 Å². The van der Waals surface area contributed by atoms with Gasteiger partial charge < -0.3 is 4.90 Å². The summed E-state index contributed by atoms with van der Waals surface area (Å²) >= 11 is 0. The molecule has 0 spiro atoms. The summed E-state index contributed by atoms with van der Waals surface area (Å²) < 4.78 is 25.8. The summed E-state index contributed by atoms with van der Waals surface area (Å²) in [5.74, 6) is -0.0835. The van der Waals surface area contributed by atoms with Crippen molar-refractivity contribution in [2.75, 3.05) is 18.0 Å². The van der Waals surface area contributed by atoms with Gasteiger partial charge in [-0.15, -0.1) is 0 Å². The highest BCUT2D eigenvalue weighted by Crippen LogP contribution is 2.32. The van der Waals surface area contributed by atoms with Crippen LogP contribution in [0.25, 0.3) is 0 Å². The van der Waals surface area contributed by atoms with Gasteiger partial charge in [-0.2, -0.15) is 5.11 Å². The van der Waals surface area contributed by atoms with Gasteiger partial charge in [0, 0.05) is 18.8 Å². The molecular formula is C19H23N3O2S. The van der Waals surface area contributed by atoms with Gasteiger partial charge in [0.2, 0.25) is 0 Å². The average molecular weight is 357 g/mol. The van der Waals surface area contributed by atoms with Crippen LogP contribution >= 0.6 is 0 Å². The number of nitrogens with one attached hydrogen (secondary N) is 1. The Labute approximate surface area is 149 Å². The second-order valence-electron chi connectivity index (χ2n) is 6.41. The van der Waals surface area contributed by atoms with E-state index < -0.39 is 9.84 Å². The summed E-state index contributed by atoms with van der Waals surface area (Å²) in [6.07, 6.45) is 4.68. The molecule has 0 atom stereocenters. The summed E-state index contributed by atoms with van der Waals surface area (Å²) in [5, 5.41) is 3.44. The first-order valence-electron chi connectivity index (χ1n) is 8.63. The van der Waals surface area contributed by atoms with E-state index in [0.29, 0.717) is 0 Å². The van der Waals surface area contributed by atoms with Crippen LogP contribution < -0.4 is 4.90 Å². The molecule has 0 bridgehead atoms. The molecule has 0 saturated carbocycles. The van der Waals surface area contributed by atoms with Gasteiger partial charge in [0.25, 0.3) is 0 Å². The smallest absolute Gasteiger partial charge is 0.184 e. The molecule has 0 aliphatic carbocycles. The lowest BCUT2D eigenvalue weighted by Gasteiger charge is -2.23. The lowest BCUT2D eigenvalue weighted by atomic mass is 10.2. The molecular weight excluding hydrogens is 334 g/mol. The zero-order chi connectivity index (χ0) is 17.7. The van der Waals surface area contributed by atoms with Crippen molar-refractivity contribution in [2.24, 2.45) is 5.11 Å². The molecule has 5 nitrogen and oxygen atoms in total. The van der Waals surface area contributed by atoms with Gasteiger partial charge in [0.1, 0.15) is 5.69 Å². The van der Waals surface area contributed by atoms with Gasteiger partial charge >= 0.3 is 0 Å². The molecule has 25 heavy (non-hydrogen) atoms. The second kappa shape index (κ2) is 7.78. The highest BCUT2D eigenvalue weighted by atomic mass is 32.2. The zero-order valence-corrected chi connectivity index (χ0v) is 15.0. The first kappa shape index (κ1) is 17.6.